The van der Waals surface area contributed by atoms with Crippen LogP contribution in [0.5, 0.6) is 0 Å². The summed E-state index contributed by atoms with van der Waals surface area (Å²) in [6, 6.07) is 9.73. The maximum Gasteiger partial charge on any atom is 0.319 e. The van der Waals surface area contributed by atoms with Gasteiger partial charge in [-0.15, -0.1) is 0 Å². The molecule has 2 N–H and O–H groups in total. The third-order valence-electron chi connectivity index (χ3n) is 4.57. The van der Waals surface area contributed by atoms with E-state index in [-0.39, 0.29) is 12.1 Å². The summed E-state index contributed by atoms with van der Waals surface area (Å²) in [6.45, 7) is 4.03. The molecule has 1 heterocycles. The van der Waals surface area contributed by atoms with Crippen LogP contribution in [0.1, 0.15) is 38.3 Å². The minimum atomic E-state index is -0.188. The lowest BCUT2D eigenvalue weighted by molar-refractivity contribution is 0.232. The number of anilines is 1. The molecule has 1 fully saturated rings. The maximum atomic E-state index is 12.4. The van der Waals surface area contributed by atoms with E-state index in [1.54, 1.807) is 0 Å². The SMILES string of the molecule is Cc1noc(-c2ccccc2)c1NC(=O)NC1CCCCC1C. The Bertz CT molecular complexity index is 666. The van der Waals surface area contributed by atoms with Crippen LogP contribution in [0.4, 0.5) is 10.5 Å². The number of nitrogens with one attached hydrogen (secondary N) is 2. The van der Waals surface area contributed by atoms with Crippen LogP contribution in [0.25, 0.3) is 11.3 Å². The molecule has 1 aromatic heterocycles. The highest BCUT2D eigenvalue weighted by Gasteiger charge is 2.24. The first kappa shape index (κ1) is 15.6. The standard InChI is InChI=1S/C18H23N3O2/c1-12-8-6-7-11-15(12)19-18(22)20-16-13(2)21-23-17(16)14-9-4-3-5-10-14/h3-5,9-10,12,15H,6-8,11H2,1-2H3,(H2,19,20,22). The number of amides is 2. The van der Waals surface area contributed by atoms with Gasteiger partial charge in [-0.25, -0.2) is 4.79 Å². The summed E-state index contributed by atoms with van der Waals surface area (Å²) in [5.74, 6) is 1.11. The summed E-state index contributed by atoms with van der Waals surface area (Å²) in [7, 11) is 0. The van der Waals surface area contributed by atoms with Crippen molar-refractivity contribution in [3.63, 3.8) is 0 Å². The first-order chi connectivity index (χ1) is 11.1. The van der Waals surface area contributed by atoms with Gasteiger partial charge < -0.3 is 15.2 Å². The third kappa shape index (κ3) is 3.55. The fourth-order valence-corrected chi connectivity index (χ4v) is 3.15. The van der Waals surface area contributed by atoms with Gasteiger partial charge in [0, 0.05) is 11.6 Å². The smallest absolute Gasteiger partial charge is 0.319 e. The second kappa shape index (κ2) is 6.86. The van der Waals surface area contributed by atoms with Crippen LogP contribution in [-0.4, -0.2) is 17.2 Å². The Hall–Kier alpha value is -2.30. The lowest BCUT2D eigenvalue weighted by atomic mass is 9.86. The summed E-state index contributed by atoms with van der Waals surface area (Å²) in [5.41, 5.74) is 2.21. The Morgan fingerprint density at radius 1 is 1.22 bits per heavy atom. The van der Waals surface area contributed by atoms with Crippen molar-refractivity contribution in [2.45, 2.75) is 45.6 Å². The van der Waals surface area contributed by atoms with Gasteiger partial charge in [-0.05, 0) is 25.7 Å². The van der Waals surface area contributed by atoms with E-state index in [9.17, 15) is 4.79 Å². The zero-order chi connectivity index (χ0) is 16.2. The Morgan fingerprint density at radius 3 is 2.70 bits per heavy atom. The van der Waals surface area contributed by atoms with Gasteiger partial charge >= 0.3 is 6.03 Å². The van der Waals surface area contributed by atoms with E-state index in [1.807, 2.05) is 37.3 Å². The number of urea groups is 1. The van der Waals surface area contributed by atoms with E-state index in [4.69, 9.17) is 4.52 Å². The normalized spacial score (nSPS) is 21.0. The summed E-state index contributed by atoms with van der Waals surface area (Å²) < 4.78 is 5.40. The summed E-state index contributed by atoms with van der Waals surface area (Å²) in [5, 5.41) is 10.0. The number of aromatic nitrogens is 1. The highest BCUT2D eigenvalue weighted by Crippen LogP contribution is 2.31. The van der Waals surface area contributed by atoms with Gasteiger partial charge in [-0.2, -0.15) is 0 Å². The van der Waals surface area contributed by atoms with Crippen molar-refractivity contribution in [2.75, 3.05) is 5.32 Å². The van der Waals surface area contributed by atoms with Gasteiger partial charge in [0.05, 0.1) is 0 Å². The van der Waals surface area contributed by atoms with Crippen LogP contribution in [0.3, 0.4) is 0 Å². The Balaban J connectivity index is 1.73. The lowest BCUT2D eigenvalue weighted by Gasteiger charge is -2.29. The first-order valence-electron chi connectivity index (χ1n) is 8.24. The molecule has 1 aliphatic rings. The van der Waals surface area contributed by atoms with Crippen molar-refractivity contribution in [1.82, 2.24) is 10.5 Å². The second-order valence-electron chi connectivity index (χ2n) is 6.30. The van der Waals surface area contributed by atoms with E-state index in [2.05, 4.69) is 22.7 Å². The molecule has 0 saturated heterocycles. The van der Waals surface area contributed by atoms with E-state index < -0.39 is 0 Å². The van der Waals surface area contributed by atoms with Crippen molar-refractivity contribution in [3.05, 3.63) is 36.0 Å². The zero-order valence-electron chi connectivity index (χ0n) is 13.6. The quantitative estimate of drug-likeness (QED) is 0.885. The van der Waals surface area contributed by atoms with Gasteiger partial charge in [0.15, 0.2) is 5.76 Å². The Labute approximate surface area is 136 Å². The molecule has 2 atom stereocenters. The maximum absolute atomic E-state index is 12.4. The summed E-state index contributed by atoms with van der Waals surface area (Å²) >= 11 is 0. The van der Waals surface area contributed by atoms with E-state index in [1.165, 1.54) is 19.3 Å². The minimum Gasteiger partial charge on any atom is -0.354 e. The number of carbonyl (C=O) groups excluding carboxylic acids is 1. The topological polar surface area (TPSA) is 67.2 Å². The van der Waals surface area contributed by atoms with Crippen molar-refractivity contribution < 1.29 is 9.32 Å². The monoisotopic (exact) mass is 313 g/mol. The predicted molar refractivity (Wildman–Crippen MR) is 90.3 cm³/mol. The molecule has 5 nitrogen and oxygen atoms in total. The van der Waals surface area contributed by atoms with E-state index >= 15 is 0 Å². The van der Waals surface area contributed by atoms with Gasteiger partial charge in [-0.3, -0.25) is 0 Å². The number of nitrogens with zero attached hydrogens (tertiary/aromatic N) is 1. The average Bonchev–Trinajstić information content (AvgIpc) is 2.91. The molecular weight excluding hydrogens is 290 g/mol. The minimum absolute atomic E-state index is 0.188. The highest BCUT2D eigenvalue weighted by molar-refractivity contribution is 5.94. The summed E-state index contributed by atoms with van der Waals surface area (Å²) in [6.07, 6.45) is 4.65. The van der Waals surface area contributed by atoms with Crippen molar-refractivity contribution in [3.8, 4) is 11.3 Å². The van der Waals surface area contributed by atoms with E-state index in [0.717, 1.165) is 12.0 Å². The van der Waals surface area contributed by atoms with Crippen LogP contribution >= 0.6 is 0 Å². The largest absolute Gasteiger partial charge is 0.354 e. The van der Waals surface area contributed by atoms with Crippen LogP contribution in [0.15, 0.2) is 34.9 Å². The molecule has 0 radical (unpaired) electrons. The molecule has 1 aliphatic carbocycles. The van der Waals surface area contributed by atoms with Crippen molar-refractivity contribution >= 4 is 11.7 Å². The fraction of sp³-hybridized carbons (Fsp3) is 0.444. The second-order valence-corrected chi connectivity index (χ2v) is 6.30. The number of hydrogen-bond donors (Lipinski definition) is 2. The number of carbonyl (C=O) groups is 1. The molecule has 2 aromatic rings. The molecule has 0 bridgehead atoms. The zero-order valence-corrected chi connectivity index (χ0v) is 13.6. The molecule has 3 rings (SSSR count). The molecule has 2 amide bonds. The van der Waals surface area contributed by atoms with Crippen LogP contribution in [0.2, 0.25) is 0 Å². The molecule has 5 heteroatoms. The molecule has 122 valence electrons. The molecule has 0 aliphatic heterocycles. The number of rotatable bonds is 3. The average molecular weight is 313 g/mol. The Morgan fingerprint density at radius 2 is 1.96 bits per heavy atom. The fourth-order valence-electron chi connectivity index (χ4n) is 3.15. The van der Waals surface area contributed by atoms with Crippen molar-refractivity contribution in [2.24, 2.45) is 5.92 Å². The molecule has 2 unspecified atom stereocenters. The van der Waals surface area contributed by atoms with Crippen molar-refractivity contribution in [1.29, 1.82) is 0 Å². The number of hydrogen-bond acceptors (Lipinski definition) is 3. The first-order valence-corrected chi connectivity index (χ1v) is 8.24. The van der Waals surface area contributed by atoms with Gasteiger partial charge in [0.1, 0.15) is 11.4 Å². The molecule has 1 saturated carbocycles. The highest BCUT2D eigenvalue weighted by atomic mass is 16.5. The predicted octanol–water partition coefficient (Wildman–Crippen LogP) is 4.35. The molecule has 23 heavy (non-hydrogen) atoms. The Kier molecular flexibility index (Phi) is 4.65. The van der Waals surface area contributed by atoms with Crippen LogP contribution < -0.4 is 10.6 Å². The van der Waals surface area contributed by atoms with Gasteiger partial charge in [0.25, 0.3) is 0 Å². The lowest BCUT2D eigenvalue weighted by Crippen LogP contribution is -2.43. The summed E-state index contributed by atoms with van der Waals surface area (Å²) in [4.78, 5) is 12.4. The molecular formula is C18H23N3O2. The van der Waals surface area contributed by atoms with E-state index in [0.29, 0.717) is 23.1 Å². The number of benzene rings is 1. The number of aryl methyl sites for hydroxylation is 1. The van der Waals surface area contributed by atoms with Crippen LogP contribution in [-0.2, 0) is 0 Å². The van der Waals surface area contributed by atoms with Gasteiger partial charge in [-0.1, -0.05) is 55.3 Å². The molecule has 1 aromatic carbocycles. The third-order valence-corrected chi connectivity index (χ3v) is 4.57. The molecule has 0 spiro atoms. The van der Waals surface area contributed by atoms with Crippen LogP contribution in [0, 0.1) is 12.8 Å². The van der Waals surface area contributed by atoms with Gasteiger partial charge in [0.2, 0.25) is 0 Å².